The Kier molecular flexibility index (Phi) is 9.96. The van der Waals surface area contributed by atoms with Crippen LogP contribution in [0, 0.1) is 5.92 Å². The fraction of sp³-hybridized carbons (Fsp3) is 0.500. The number of amides is 1. The van der Waals surface area contributed by atoms with Gasteiger partial charge in [0.25, 0.3) is 5.91 Å². The Morgan fingerprint density at radius 2 is 1.89 bits per heavy atom. The fourth-order valence-electron chi connectivity index (χ4n) is 4.28. The number of rotatable bonds is 14. The number of thiophene rings is 1. The van der Waals surface area contributed by atoms with Crippen molar-refractivity contribution in [3.05, 3.63) is 57.5 Å². The molecule has 0 spiro atoms. The summed E-state index contributed by atoms with van der Waals surface area (Å²) in [6, 6.07) is 8.30. The highest BCUT2D eigenvalue weighted by molar-refractivity contribution is 7.12. The Morgan fingerprint density at radius 3 is 2.50 bits per heavy atom. The van der Waals surface area contributed by atoms with Gasteiger partial charge in [0.15, 0.2) is 17.3 Å². The molecule has 1 amide bonds. The number of ether oxygens (including phenoxy) is 2. The molecule has 1 aromatic heterocycles. The van der Waals surface area contributed by atoms with Crippen molar-refractivity contribution in [1.29, 1.82) is 0 Å². The van der Waals surface area contributed by atoms with E-state index in [-0.39, 0.29) is 11.4 Å². The zero-order valence-electron chi connectivity index (χ0n) is 22.0. The molecule has 7 nitrogen and oxygen atoms in total. The molecule has 0 fully saturated rings. The maximum Gasteiger partial charge on any atom is 0.290 e. The number of nitrogens with zero attached hydrogens (tertiary/aromatic N) is 2. The second-order valence-corrected chi connectivity index (χ2v) is 10.1. The highest BCUT2D eigenvalue weighted by Crippen LogP contribution is 2.42. The van der Waals surface area contributed by atoms with Gasteiger partial charge < -0.3 is 24.4 Å². The van der Waals surface area contributed by atoms with Gasteiger partial charge in [-0.15, -0.1) is 11.3 Å². The van der Waals surface area contributed by atoms with E-state index >= 15 is 0 Å². The SMILES string of the molecule is CCOc1cc(C2C(C(=O)c3cccs3)=C(O)C(=O)N2CCN(CC)CC)ccc1OCCC(C)C. The number of hydrogen-bond donors (Lipinski definition) is 1. The van der Waals surface area contributed by atoms with Crippen molar-refractivity contribution in [3.8, 4) is 11.5 Å². The van der Waals surface area contributed by atoms with Gasteiger partial charge >= 0.3 is 0 Å². The predicted molar refractivity (Wildman–Crippen MR) is 143 cm³/mol. The normalized spacial score (nSPS) is 15.9. The zero-order valence-corrected chi connectivity index (χ0v) is 22.8. The van der Waals surface area contributed by atoms with Crippen LogP contribution in [0.5, 0.6) is 11.5 Å². The van der Waals surface area contributed by atoms with Crippen molar-refractivity contribution < 1.29 is 24.2 Å². The molecule has 0 aliphatic carbocycles. The summed E-state index contributed by atoms with van der Waals surface area (Å²) in [5.41, 5.74) is 0.810. The maximum atomic E-state index is 13.5. The number of hydrogen-bond acceptors (Lipinski definition) is 7. The van der Waals surface area contributed by atoms with Crippen LogP contribution >= 0.6 is 11.3 Å². The summed E-state index contributed by atoms with van der Waals surface area (Å²) in [4.78, 5) is 31.0. The average molecular weight is 515 g/mol. The summed E-state index contributed by atoms with van der Waals surface area (Å²) in [6.07, 6.45) is 0.916. The van der Waals surface area contributed by atoms with E-state index in [2.05, 4.69) is 32.6 Å². The summed E-state index contributed by atoms with van der Waals surface area (Å²) < 4.78 is 11.9. The van der Waals surface area contributed by atoms with E-state index in [1.807, 2.05) is 30.5 Å². The first-order valence-corrected chi connectivity index (χ1v) is 13.6. The van der Waals surface area contributed by atoms with Gasteiger partial charge in [0.2, 0.25) is 5.78 Å². The van der Waals surface area contributed by atoms with E-state index in [0.717, 1.165) is 19.5 Å². The first-order chi connectivity index (χ1) is 17.3. The predicted octanol–water partition coefficient (Wildman–Crippen LogP) is 5.49. The molecule has 1 atom stereocenters. The summed E-state index contributed by atoms with van der Waals surface area (Å²) in [6.45, 7) is 14.1. The minimum absolute atomic E-state index is 0.109. The monoisotopic (exact) mass is 514 g/mol. The Labute approximate surface area is 218 Å². The third-order valence-corrected chi connectivity index (χ3v) is 7.25. The Bertz CT molecular complexity index is 1060. The van der Waals surface area contributed by atoms with Gasteiger partial charge in [-0.1, -0.05) is 39.8 Å². The van der Waals surface area contributed by atoms with E-state index in [0.29, 0.717) is 54.2 Å². The molecule has 3 rings (SSSR count). The quantitative estimate of drug-likeness (QED) is 0.336. The average Bonchev–Trinajstić information content (AvgIpc) is 3.48. The lowest BCUT2D eigenvalue weighted by molar-refractivity contribution is -0.129. The minimum Gasteiger partial charge on any atom is -0.503 e. The van der Waals surface area contributed by atoms with Crippen molar-refractivity contribution in [2.45, 2.75) is 47.1 Å². The van der Waals surface area contributed by atoms with Crippen LogP contribution in [0.1, 0.15) is 62.3 Å². The van der Waals surface area contributed by atoms with E-state index in [1.165, 1.54) is 11.3 Å². The molecule has 8 heteroatoms. The van der Waals surface area contributed by atoms with Gasteiger partial charge in [0.05, 0.1) is 29.7 Å². The summed E-state index contributed by atoms with van der Waals surface area (Å²) >= 11 is 1.29. The lowest BCUT2D eigenvalue weighted by Crippen LogP contribution is -2.38. The molecule has 36 heavy (non-hydrogen) atoms. The fourth-order valence-corrected chi connectivity index (χ4v) is 4.96. The lowest BCUT2D eigenvalue weighted by atomic mass is 9.95. The van der Waals surface area contributed by atoms with Crippen molar-refractivity contribution in [3.63, 3.8) is 0 Å². The molecule has 2 aromatic rings. The molecule has 0 saturated heterocycles. The Balaban J connectivity index is 2.01. The van der Waals surface area contributed by atoms with E-state index in [4.69, 9.17) is 9.47 Å². The van der Waals surface area contributed by atoms with Crippen molar-refractivity contribution in [2.75, 3.05) is 39.4 Å². The summed E-state index contributed by atoms with van der Waals surface area (Å²) in [5, 5.41) is 12.7. The molecule has 1 N–H and O–H groups in total. The number of Topliss-reactive ketones (excluding diaryl/α,β-unsaturated/α-hetero) is 1. The number of aliphatic hydroxyl groups is 1. The van der Waals surface area contributed by atoms with Crippen LogP contribution < -0.4 is 9.47 Å². The van der Waals surface area contributed by atoms with Crippen molar-refractivity contribution in [2.24, 2.45) is 5.92 Å². The molecule has 0 radical (unpaired) electrons. The topological polar surface area (TPSA) is 79.3 Å². The number of carbonyl (C=O) groups excluding carboxylic acids is 2. The van der Waals surface area contributed by atoms with Gasteiger partial charge in [-0.3, -0.25) is 9.59 Å². The second kappa shape index (κ2) is 12.9. The van der Waals surface area contributed by atoms with Gasteiger partial charge in [-0.25, -0.2) is 0 Å². The number of likely N-dealkylation sites (N-methyl/N-ethyl adjacent to an activating group) is 1. The largest absolute Gasteiger partial charge is 0.503 e. The van der Waals surface area contributed by atoms with Crippen LogP contribution in [0.15, 0.2) is 47.0 Å². The molecule has 1 aliphatic heterocycles. The first-order valence-electron chi connectivity index (χ1n) is 12.8. The summed E-state index contributed by atoms with van der Waals surface area (Å²) in [7, 11) is 0. The van der Waals surface area contributed by atoms with E-state index in [1.54, 1.807) is 17.0 Å². The van der Waals surface area contributed by atoms with Crippen molar-refractivity contribution in [1.82, 2.24) is 9.80 Å². The van der Waals surface area contributed by atoms with Crippen LogP contribution in [-0.2, 0) is 4.79 Å². The van der Waals surface area contributed by atoms with Gasteiger partial charge in [-0.05, 0) is 61.5 Å². The van der Waals surface area contributed by atoms with Crippen LogP contribution in [0.3, 0.4) is 0 Å². The van der Waals surface area contributed by atoms with Gasteiger partial charge in [0.1, 0.15) is 0 Å². The highest BCUT2D eigenvalue weighted by Gasteiger charge is 2.44. The first kappa shape index (κ1) is 27.7. The molecule has 196 valence electrons. The Morgan fingerprint density at radius 1 is 1.14 bits per heavy atom. The third kappa shape index (κ3) is 6.28. The van der Waals surface area contributed by atoms with E-state index in [9.17, 15) is 14.7 Å². The maximum absolute atomic E-state index is 13.5. The second-order valence-electron chi connectivity index (χ2n) is 9.17. The molecule has 1 aliphatic rings. The molecule has 0 saturated carbocycles. The standard InChI is InChI=1S/C28H38N2O5S/c1-6-29(7-2)14-15-30-25(24(27(32)28(30)33)26(31)23-10-9-17-36-23)20-11-12-21(22(18-20)34-8-3)35-16-13-19(4)5/h9-12,17-19,25,32H,6-8,13-16H2,1-5H3. The van der Waals surface area contributed by atoms with Gasteiger partial charge in [-0.2, -0.15) is 0 Å². The van der Waals surface area contributed by atoms with Crippen LogP contribution in [0.25, 0.3) is 0 Å². The smallest absolute Gasteiger partial charge is 0.290 e. The van der Waals surface area contributed by atoms with Crippen LogP contribution in [0.4, 0.5) is 0 Å². The lowest BCUT2D eigenvalue weighted by Gasteiger charge is -2.29. The number of carbonyl (C=O) groups is 2. The molecule has 1 unspecified atom stereocenters. The van der Waals surface area contributed by atoms with Crippen molar-refractivity contribution >= 4 is 23.0 Å². The molecule has 1 aromatic carbocycles. The molecular weight excluding hydrogens is 476 g/mol. The summed E-state index contributed by atoms with van der Waals surface area (Å²) in [5.74, 6) is 0.364. The highest BCUT2D eigenvalue weighted by atomic mass is 32.1. The van der Waals surface area contributed by atoms with Gasteiger partial charge in [0, 0.05) is 13.1 Å². The van der Waals surface area contributed by atoms with E-state index < -0.39 is 17.7 Å². The van der Waals surface area contributed by atoms with Crippen LogP contribution in [-0.4, -0.2) is 66.0 Å². The van der Waals surface area contributed by atoms with Crippen LogP contribution in [0.2, 0.25) is 0 Å². The Hall–Kier alpha value is -2.84. The molecule has 2 heterocycles. The number of benzene rings is 1. The third-order valence-electron chi connectivity index (χ3n) is 6.38. The zero-order chi connectivity index (χ0) is 26.2. The number of aliphatic hydroxyl groups excluding tert-OH is 1. The molecule has 0 bridgehead atoms. The number of ketones is 1. The minimum atomic E-state index is -0.716. The molecular formula is C28H38N2O5S.